The minimum absolute atomic E-state index is 0.000302. The lowest BCUT2D eigenvalue weighted by molar-refractivity contribution is -0.134. The molecule has 2 unspecified atom stereocenters. The van der Waals surface area contributed by atoms with E-state index in [1.54, 1.807) is 7.11 Å². The van der Waals surface area contributed by atoms with Crippen molar-refractivity contribution >= 4 is 17.5 Å². The molecule has 0 bridgehead atoms. The summed E-state index contributed by atoms with van der Waals surface area (Å²) in [5.41, 5.74) is 1.88. The van der Waals surface area contributed by atoms with Crippen molar-refractivity contribution in [2.24, 2.45) is 0 Å². The molecule has 1 spiro atoms. The number of benzene rings is 2. The average molecular weight is 394 g/mol. The van der Waals surface area contributed by atoms with Gasteiger partial charge in [-0.05, 0) is 42.7 Å². The summed E-state index contributed by atoms with van der Waals surface area (Å²) in [4.78, 5) is 28.3. The third-order valence-electron chi connectivity index (χ3n) is 5.98. The number of para-hydroxylation sites is 1. The molecule has 6 nitrogen and oxygen atoms in total. The number of methoxy groups -OCH3 is 1. The highest BCUT2D eigenvalue weighted by atomic mass is 16.5. The van der Waals surface area contributed by atoms with Gasteiger partial charge in [0, 0.05) is 18.8 Å². The highest BCUT2D eigenvalue weighted by Gasteiger charge is 2.59. The SMILES string of the molecule is CCOCCC(=O)N1CCC2(C(=O)Nc3ccccc32)C1c1cccc(OC)c1. The van der Waals surface area contributed by atoms with E-state index < -0.39 is 11.5 Å². The molecule has 2 amide bonds. The van der Waals surface area contributed by atoms with Crippen LogP contribution in [0.25, 0.3) is 0 Å². The molecule has 4 rings (SSSR count). The highest BCUT2D eigenvalue weighted by Crippen LogP contribution is 2.55. The third kappa shape index (κ3) is 3.17. The van der Waals surface area contributed by atoms with Crippen molar-refractivity contribution in [3.8, 4) is 5.75 Å². The Morgan fingerprint density at radius 3 is 2.86 bits per heavy atom. The Bertz CT molecular complexity index is 929. The van der Waals surface area contributed by atoms with Crippen LogP contribution in [0.3, 0.4) is 0 Å². The molecule has 1 fully saturated rings. The van der Waals surface area contributed by atoms with Gasteiger partial charge in [-0.3, -0.25) is 9.59 Å². The molecule has 0 aromatic heterocycles. The van der Waals surface area contributed by atoms with Crippen LogP contribution in [0, 0.1) is 0 Å². The van der Waals surface area contributed by atoms with Crippen molar-refractivity contribution in [3.63, 3.8) is 0 Å². The number of nitrogens with one attached hydrogen (secondary N) is 1. The highest BCUT2D eigenvalue weighted by molar-refractivity contribution is 6.07. The molecule has 0 saturated carbocycles. The fourth-order valence-electron chi connectivity index (χ4n) is 4.68. The molecule has 1 N–H and O–H groups in total. The van der Waals surface area contributed by atoms with Crippen molar-refractivity contribution in [3.05, 3.63) is 59.7 Å². The lowest BCUT2D eigenvalue weighted by Gasteiger charge is -2.34. The van der Waals surface area contributed by atoms with E-state index in [0.717, 1.165) is 16.8 Å². The van der Waals surface area contributed by atoms with Gasteiger partial charge in [0.25, 0.3) is 0 Å². The average Bonchev–Trinajstić information content (AvgIpc) is 3.28. The largest absolute Gasteiger partial charge is 0.497 e. The van der Waals surface area contributed by atoms with E-state index in [9.17, 15) is 9.59 Å². The van der Waals surface area contributed by atoms with Crippen molar-refractivity contribution in [2.75, 3.05) is 32.2 Å². The van der Waals surface area contributed by atoms with Crippen molar-refractivity contribution in [1.29, 1.82) is 0 Å². The van der Waals surface area contributed by atoms with Crippen molar-refractivity contribution in [2.45, 2.75) is 31.2 Å². The van der Waals surface area contributed by atoms with E-state index in [0.29, 0.717) is 38.3 Å². The predicted molar refractivity (Wildman–Crippen MR) is 110 cm³/mol. The molecule has 2 atom stereocenters. The quantitative estimate of drug-likeness (QED) is 0.764. The molecular weight excluding hydrogens is 368 g/mol. The van der Waals surface area contributed by atoms with Crippen LogP contribution in [0.5, 0.6) is 5.75 Å². The molecule has 6 heteroatoms. The number of likely N-dealkylation sites (tertiary alicyclic amines) is 1. The monoisotopic (exact) mass is 394 g/mol. The zero-order chi connectivity index (χ0) is 20.4. The molecule has 152 valence electrons. The maximum atomic E-state index is 13.3. The van der Waals surface area contributed by atoms with E-state index >= 15 is 0 Å². The summed E-state index contributed by atoms with van der Waals surface area (Å²) in [6.45, 7) is 3.39. The second-order valence-electron chi connectivity index (χ2n) is 7.43. The Kier molecular flexibility index (Phi) is 5.28. The van der Waals surface area contributed by atoms with Crippen LogP contribution in [-0.4, -0.2) is 43.6 Å². The van der Waals surface area contributed by atoms with E-state index in [2.05, 4.69) is 5.32 Å². The van der Waals surface area contributed by atoms with Gasteiger partial charge in [0.1, 0.15) is 11.2 Å². The lowest BCUT2D eigenvalue weighted by Crippen LogP contribution is -2.42. The van der Waals surface area contributed by atoms with Crippen LogP contribution in [-0.2, 0) is 19.7 Å². The number of anilines is 1. The fourth-order valence-corrected chi connectivity index (χ4v) is 4.68. The maximum absolute atomic E-state index is 13.3. The van der Waals surface area contributed by atoms with Gasteiger partial charge in [0.15, 0.2) is 0 Å². The molecule has 2 aromatic carbocycles. The van der Waals surface area contributed by atoms with Gasteiger partial charge in [-0.25, -0.2) is 0 Å². The van der Waals surface area contributed by atoms with E-state index in [4.69, 9.17) is 9.47 Å². The Balaban J connectivity index is 1.79. The summed E-state index contributed by atoms with van der Waals surface area (Å²) in [5, 5.41) is 3.04. The van der Waals surface area contributed by atoms with Gasteiger partial charge < -0.3 is 19.7 Å². The number of amides is 2. The van der Waals surface area contributed by atoms with Gasteiger partial charge in [0.2, 0.25) is 11.8 Å². The fraction of sp³-hybridized carbons (Fsp3) is 0.391. The number of nitrogens with zero attached hydrogens (tertiary/aromatic N) is 1. The number of carbonyl (C=O) groups is 2. The number of hydrogen-bond acceptors (Lipinski definition) is 4. The zero-order valence-electron chi connectivity index (χ0n) is 16.8. The van der Waals surface area contributed by atoms with Crippen LogP contribution in [0.2, 0.25) is 0 Å². The zero-order valence-corrected chi connectivity index (χ0v) is 16.8. The Morgan fingerprint density at radius 1 is 1.24 bits per heavy atom. The van der Waals surface area contributed by atoms with Gasteiger partial charge >= 0.3 is 0 Å². The van der Waals surface area contributed by atoms with Gasteiger partial charge in [-0.2, -0.15) is 0 Å². The summed E-state index contributed by atoms with van der Waals surface area (Å²) >= 11 is 0. The number of rotatable bonds is 6. The van der Waals surface area contributed by atoms with Crippen molar-refractivity contribution < 1.29 is 19.1 Å². The Morgan fingerprint density at radius 2 is 2.07 bits per heavy atom. The Labute approximate surface area is 170 Å². The van der Waals surface area contributed by atoms with Gasteiger partial charge in [0.05, 0.1) is 26.2 Å². The molecule has 1 saturated heterocycles. The summed E-state index contributed by atoms with van der Waals surface area (Å²) in [5.74, 6) is 0.657. The van der Waals surface area contributed by atoms with E-state index in [-0.39, 0.29) is 11.8 Å². The first kappa shape index (κ1) is 19.5. The number of hydrogen-bond donors (Lipinski definition) is 1. The first-order valence-electron chi connectivity index (χ1n) is 10.0. The predicted octanol–water partition coefficient (Wildman–Crippen LogP) is 3.29. The minimum Gasteiger partial charge on any atom is -0.497 e. The lowest BCUT2D eigenvalue weighted by atomic mass is 9.72. The van der Waals surface area contributed by atoms with E-state index in [1.807, 2.05) is 60.4 Å². The van der Waals surface area contributed by atoms with Crippen LogP contribution in [0.1, 0.15) is 36.9 Å². The summed E-state index contributed by atoms with van der Waals surface area (Å²) in [7, 11) is 1.62. The molecule has 2 aliphatic rings. The molecular formula is C23H26N2O4. The second kappa shape index (κ2) is 7.87. The molecule has 0 radical (unpaired) electrons. The van der Waals surface area contributed by atoms with E-state index in [1.165, 1.54) is 0 Å². The summed E-state index contributed by atoms with van der Waals surface area (Å²) in [6.07, 6.45) is 0.881. The smallest absolute Gasteiger partial charge is 0.237 e. The summed E-state index contributed by atoms with van der Waals surface area (Å²) < 4.78 is 10.8. The Hall–Kier alpha value is -2.86. The number of fused-ring (bicyclic) bond motifs is 2. The first-order valence-corrected chi connectivity index (χ1v) is 10.0. The molecule has 29 heavy (non-hydrogen) atoms. The van der Waals surface area contributed by atoms with Crippen LogP contribution < -0.4 is 10.1 Å². The number of carbonyl (C=O) groups excluding carboxylic acids is 2. The van der Waals surface area contributed by atoms with Crippen molar-refractivity contribution in [1.82, 2.24) is 4.90 Å². The normalized spacial score (nSPS) is 22.6. The first-order chi connectivity index (χ1) is 14.1. The third-order valence-corrected chi connectivity index (χ3v) is 5.98. The number of ether oxygens (including phenoxy) is 2. The van der Waals surface area contributed by atoms with Crippen LogP contribution in [0.15, 0.2) is 48.5 Å². The minimum atomic E-state index is -0.801. The maximum Gasteiger partial charge on any atom is 0.237 e. The molecule has 2 aliphatic heterocycles. The van der Waals surface area contributed by atoms with Gasteiger partial charge in [-0.15, -0.1) is 0 Å². The molecule has 2 aromatic rings. The topological polar surface area (TPSA) is 67.9 Å². The molecule has 0 aliphatic carbocycles. The van der Waals surface area contributed by atoms with Crippen LogP contribution in [0.4, 0.5) is 5.69 Å². The second-order valence-corrected chi connectivity index (χ2v) is 7.43. The summed E-state index contributed by atoms with van der Waals surface area (Å²) in [6, 6.07) is 15.1. The standard InChI is InChI=1S/C23H26N2O4/c1-3-29-14-11-20(26)25-13-12-23(18-9-4-5-10-19(18)24-22(23)27)21(25)16-7-6-8-17(15-16)28-2/h4-10,15,21H,3,11-14H2,1-2H3,(H,24,27). The van der Waals surface area contributed by atoms with Crippen LogP contribution >= 0.6 is 0 Å². The molecule has 2 heterocycles. The van der Waals surface area contributed by atoms with Gasteiger partial charge in [-0.1, -0.05) is 30.3 Å².